The lowest BCUT2D eigenvalue weighted by Gasteiger charge is -2.24. The molecule has 0 unspecified atom stereocenters. The molecule has 1 aromatic carbocycles. The number of hydrazine groups is 1. The maximum absolute atomic E-state index is 9.54. The molecule has 0 radical (unpaired) electrons. The third kappa shape index (κ3) is 6.83. The third-order valence-corrected chi connectivity index (χ3v) is 3.91. The Labute approximate surface area is 149 Å². The highest BCUT2D eigenvalue weighted by molar-refractivity contribution is 6.02. The zero-order valence-corrected chi connectivity index (χ0v) is 15.3. The highest BCUT2D eigenvalue weighted by atomic mass is 16.5. The molecule has 7 heteroatoms. The van der Waals surface area contributed by atoms with Gasteiger partial charge in [-0.25, -0.2) is 0 Å². The Morgan fingerprint density at radius 3 is 2.76 bits per heavy atom. The molecule has 0 aliphatic carbocycles. The molecule has 0 saturated carbocycles. The van der Waals surface area contributed by atoms with Gasteiger partial charge >= 0.3 is 0 Å². The molecule has 0 amide bonds. The Morgan fingerprint density at radius 2 is 2.08 bits per heavy atom. The largest absolute Gasteiger partial charge is 0.366 e. The summed E-state index contributed by atoms with van der Waals surface area (Å²) in [4.78, 5) is 6.23. The fourth-order valence-corrected chi connectivity index (χ4v) is 2.52. The SMILES string of the molecule is CN=C1CN(O)CC/C1=C/NNc1ccc(CCOCN(C)C)cc1. The molecule has 1 fully saturated rings. The number of nitrogens with one attached hydrogen (secondary N) is 2. The van der Waals surface area contributed by atoms with Crippen LogP contribution < -0.4 is 10.9 Å². The van der Waals surface area contributed by atoms with Gasteiger partial charge in [-0.05, 0) is 50.2 Å². The summed E-state index contributed by atoms with van der Waals surface area (Å²) in [6.45, 7) is 2.46. The first-order valence-corrected chi connectivity index (χ1v) is 8.50. The van der Waals surface area contributed by atoms with E-state index < -0.39 is 0 Å². The van der Waals surface area contributed by atoms with Gasteiger partial charge in [0.05, 0.1) is 31.3 Å². The molecule has 0 aromatic heterocycles. The number of piperidine rings is 1. The van der Waals surface area contributed by atoms with Crippen molar-refractivity contribution in [1.29, 1.82) is 0 Å². The summed E-state index contributed by atoms with van der Waals surface area (Å²) in [6, 6.07) is 8.27. The summed E-state index contributed by atoms with van der Waals surface area (Å²) >= 11 is 0. The number of ether oxygens (including phenoxy) is 1. The van der Waals surface area contributed by atoms with Crippen LogP contribution >= 0.6 is 0 Å². The van der Waals surface area contributed by atoms with E-state index in [0.717, 1.165) is 36.4 Å². The lowest BCUT2D eigenvalue weighted by molar-refractivity contribution is -0.0782. The molecule has 3 N–H and O–H groups in total. The molecule has 0 spiro atoms. The van der Waals surface area contributed by atoms with Gasteiger partial charge in [0, 0.05) is 19.8 Å². The average Bonchev–Trinajstić information content (AvgIpc) is 2.61. The van der Waals surface area contributed by atoms with Crippen molar-refractivity contribution in [2.45, 2.75) is 12.8 Å². The summed E-state index contributed by atoms with van der Waals surface area (Å²) in [5.41, 5.74) is 10.5. The predicted molar refractivity (Wildman–Crippen MR) is 101 cm³/mol. The normalized spacial score (nSPS) is 18.9. The standard InChI is InChI=1S/C18H29N5O2/c1-19-18-13-23(24)10-8-16(18)12-20-21-17-6-4-15(5-7-17)9-11-25-14-22(2)3/h4-7,12,20-21,24H,8-11,13-14H2,1-3H3/b16-12-,19-18?. The van der Waals surface area contributed by atoms with E-state index >= 15 is 0 Å². The Morgan fingerprint density at radius 1 is 1.32 bits per heavy atom. The zero-order chi connectivity index (χ0) is 18.1. The number of hydrogen-bond donors (Lipinski definition) is 3. The molecule has 2 rings (SSSR count). The van der Waals surface area contributed by atoms with Crippen molar-refractivity contribution in [1.82, 2.24) is 15.4 Å². The lowest BCUT2D eigenvalue weighted by atomic mass is 10.0. The summed E-state index contributed by atoms with van der Waals surface area (Å²) in [7, 11) is 5.73. The van der Waals surface area contributed by atoms with E-state index in [1.807, 2.05) is 37.3 Å². The maximum atomic E-state index is 9.54. The van der Waals surface area contributed by atoms with Crippen LogP contribution in [0, 0.1) is 0 Å². The van der Waals surface area contributed by atoms with Crippen LogP contribution in [0.3, 0.4) is 0 Å². The fourth-order valence-electron chi connectivity index (χ4n) is 2.52. The van der Waals surface area contributed by atoms with Crippen LogP contribution in [0.5, 0.6) is 0 Å². The van der Waals surface area contributed by atoms with Gasteiger partial charge in [-0.1, -0.05) is 12.1 Å². The molecule has 1 aliphatic heterocycles. The third-order valence-electron chi connectivity index (χ3n) is 3.91. The van der Waals surface area contributed by atoms with Crippen LogP contribution in [0.4, 0.5) is 5.69 Å². The first-order chi connectivity index (χ1) is 12.1. The van der Waals surface area contributed by atoms with Crippen LogP contribution in [0.25, 0.3) is 0 Å². The van der Waals surface area contributed by atoms with Crippen molar-refractivity contribution >= 4 is 11.4 Å². The minimum atomic E-state index is 0.467. The van der Waals surface area contributed by atoms with Gasteiger partial charge in [-0.3, -0.25) is 9.89 Å². The highest BCUT2D eigenvalue weighted by Gasteiger charge is 2.17. The first kappa shape index (κ1) is 19.4. The number of benzene rings is 1. The van der Waals surface area contributed by atoms with Gasteiger partial charge in [0.1, 0.15) is 0 Å². The van der Waals surface area contributed by atoms with Crippen molar-refractivity contribution < 1.29 is 9.94 Å². The van der Waals surface area contributed by atoms with Crippen LogP contribution in [0.2, 0.25) is 0 Å². The van der Waals surface area contributed by atoms with Crippen LogP contribution in [-0.4, -0.2) is 68.5 Å². The molecule has 0 atom stereocenters. The van der Waals surface area contributed by atoms with E-state index in [1.165, 1.54) is 10.6 Å². The average molecular weight is 347 g/mol. The monoisotopic (exact) mass is 347 g/mol. The highest BCUT2D eigenvalue weighted by Crippen LogP contribution is 2.13. The number of hydrogen-bond acceptors (Lipinski definition) is 7. The second kappa shape index (κ2) is 10.1. The topological polar surface area (TPSA) is 72.4 Å². The van der Waals surface area contributed by atoms with Crippen LogP contribution in [0.15, 0.2) is 41.0 Å². The van der Waals surface area contributed by atoms with E-state index in [4.69, 9.17) is 4.74 Å². The second-order valence-electron chi connectivity index (χ2n) is 6.31. The second-order valence-corrected chi connectivity index (χ2v) is 6.31. The molecule has 1 saturated heterocycles. The summed E-state index contributed by atoms with van der Waals surface area (Å²) in [5, 5.41) is 10.8. The molecular weight excluding hydrogens is 318 g/mol. The number of aliphatic imine (C=N–C) groups is 1. The number of nitrogens with zero attached hydrogens (tertiary/aromatic N) is 3. The quantitative estimate of drug-likeness (QED) is 0.378. The summed E-state index contributed by atoms with van der Waals surface area (Å²) < 4.78 is 5.55. The molecule has 1 aliphatic rings. The Bertz CT molecular complexity index is 584. The van der Waals surface area contributed by atoms with Crippen LogP contribution in [-0.2, 0) is 11.2 Å². The molecule has 138 valence electrons. The van der Waals surface area contributed by atoms with Gasteiger partial charge in [-0.2, -0.15) is 5.06 Å². The predicted octanol–water partition coefficient (Wildman–Crippen LogP) is 1.73. The van der Waals surface area contributed by atoms with E-state index in [-0.39, 0.29) is 0 Å². The minimum absolute atomic E-state index is 0.467. The smallest absolute Gasteiger partial charge is 0.0985 e. The molecule has 25 heavy (non-hydrogen) atoms. The summed E-state index contributed by atoms with van der Waals surface area (Å²) in [6.07, 6.45) is 3.58. The zero-order valence-electron chi connectivity index (χ0n) is 15.3. The van der Waals surface area contributed by atoms with Crippen molar-refractivity contribution in [3.8, 4) is 0 Å². The van der Waals surface area contributed by atoms with Gasteiger partial charge in [-0.15, -0.1) is 0 Å². The van der Waals surface area contributed by atoms with Crippen molar-refractivity contribution in [2.24, 2.45) is 4.99 Å². The van der Waals surface area contributed by atoms with E-state index in [2.05, 4.69) is 28.0 Å². The van der Waals surface area contributed by atoms with Gasteiger partial charge in [0.15, 0.2) is 0 Å². The van der Waals surface area contributed by atoms with E-state index in [0.29, 0.717) is 19.8 Å². The Hall–Kier alpha value is -1.93. The van der Waals surface area contributed by atoms with Crippen molar-refractivity contribution in [3.63, 3.8) is 0 Å². The maximum Gasteiger partial charge on any atom is 0.0985 e. The molecule has 1 heterocycles. The Kier molecular flexibility index (Phi) is 7.87. The van der Waals surface area contributed by atoms with Gasteiger partial charge in [0.25, 0.3) is 0 Å². The van der Waals surface area contributed by atoms with Crippen molar-refractivity contribution in [3.05, 3.63) is 41.6 Å². The molecule has 7 nitrogen and oxygen atoms in total. The molecule has 0 bridgehead atoms. The molecular formula is C18H29N5O2. The summed E-state index contributed by atoms with van der Waals surface area (Å²) in [5.74, 6) is 0. The van der Waals surface area contributed by atoms with Gasteiger partial charge in [0.2, 0.25) is 0 Å². The molecule has 1 aromatic rings. The first-order valence-electron chi connectivity index (χ1n) is 8.50. The number of rotatable bonds is 8. The van der Waals surface area contributed by atoms with E-state index in [9.17, 15) is 5.21 Å². The van der Waals surface area contributed by atoms with E-state index in [1.54, 1.807) is 7.05 Å². The Balaban J connectivity index is 1.76. The van der Waals surface area contributed by atoms with Gasteiger partial charge < -0.3 is 20.8 Å². The van der Waals surface area contributed by atoms with Crippen molar-refractivity contribution in [2.75, 3.05) is 53.0 Å². The number of anilines is 1. The lowest BCUT2D eigenvalue weighted by Crippen LogP contribution is -2.35. The van der Waals surface area contributed by atoms with Crippen LogP contribution in [0.1, 0.15) is 12.0 Å². The fraction of sp³-hybridized carbons (Fsp3) is 0.500. The minimum Gasteiger partial charge on any atom is -0.366 e. The number of hydroxylamine groups is 2.